The molecule has 0 saturated carbocycles. The van der Waals surface area contributed by atoms with Gasteiger partial charge in [0.05, 0.1) is 19.0 Å². The second-order valence-electron chi connectivity index (χ2n) is 6.42. The van der Waals surface area contributed by atoms with Crippen LogP contribution in [0.3, 0.4) is 0 Å². The molecule has 1 atom stereocenters. The standard InChI is InChI=1S/C18H24N6O2/c1-14-4-2-3-5-15(14)11-23-8-6-21-18(26)16(23)10-17(25)20-7-9-24-13-19-12-22-24/h2-5,12-13,16H,6-11H2,1H3,(H,20,25)(H,21,26). The maximum absolute atomic E-state index is 12.3. The Morgan fingerprint density at radius 2 is 2.23 bits per heavy atom. The van der Waals surface area contributed by atoms with Crippen LogP contribution in [-0.2, 0) is 22.7 Å². The number of benzene rings is 1. The Bertz CT molecular complexity index is 746. The molecule has 1 aromatic heterocycles. The fourth-order valence-electron chi connectivity index (χ4n) is 3.09. The van der Waals surface area contributed by atoms with Crippen molar-refractivity contribution in [2.24, 2.45) is 0 Å². The third kappa shape index (κ3) is 4.66. The second-order valence-corrected chi connectivity index (χ2v) is 6.42. The van der Waals surface area contributed by atoms with Crippen molar-refractivity contribution in [3.63, 3.8) is 0 Å². The first kappa shape index (κ1) is 18.1. The van der Waals surface area contributed by atoms with Gasteiger partial charge >= 0.3 is 0 Å². The summed E-state index contributed by atoms with van der Waals surface area (Å²) in [5, 5.41) is 9.70. The Labute approximate surface area is 152 Å². The molecule has 2 heterocycles. The number of carbonyl (C=O) groups excluding carboxylic acids is 2. The molecule has 1 aliphatic heterocycles. The predicted octanol–water partition coefficient (Wildman–Crippen LogP) is 0.0934. The molecule has 26 heavy (non-hydrogen) atoms. The normalized spacial score (nSPS) is 17.7. The van der Waals surface area contributed by atoms with Gasteiger partial charge in [0.15, 0.2) is 0 Å². The second kappa shape index (κ2) is 8.57. The summed E-state index contributed by atoms with van der Waals surface area (Å²) in [6, 6.07) is 7.68. The molecular weight excluding hydrogens is 332 g/mol. The number of aromatic nitrogens is 3. The molecule has 0 spiro atoms. The zero-order valence-electron chi connectivity index (χ0n) is 14.9. The van der Waals surface area contributed by atoms with Crippen molar-refractivity contribution < 1.29 is 9.59 Å². The lowest BCUT2D eigenvalue weighted by Crippen LogP contribution is -2.56. The van der Waals surface area contributed by atoms with Crippen molar-refractivity contribution in [3.8, 4) is 0 Å². The van der Waals surface area contributed by atoms with E-state index in [1.165, 1.54) is 17.5 Å². The number of carbonyl (C=O) groups is 2. The first-order chi connectivity index (χ1) is 12.6. The van der Waals surface area contributed by atoms with Crippen LogP contribution in [0, 0.1) is 6.92 Å². The van der Waals surface area contributed by atoms with Gasteiger partial charge in [-0.3, -0.25) is 19.2 Å². The minimum absolute atomic E-state index is 0.0868. The number of piperazine rings is 1. The average molecular weight is 356 g/mol. The molecule has 3 rings (SSSR count). The van der Waals surface area contributed by atoms with E-state index in [2.05, 4.69) is 44.7 Å². The molecule has 1 aromatic carbocycles. The Morgan fingerprint density at radius 1 is 1.38 bits per heavy atom. The predicted molar refractivity (Wildman–Crippen MR) is 96.0 cm³/mol. The lowest BCUT2D eigenvalue weighted by Gasteiger charge is -2.35. The zero-order valence-corrected chi connectivity index (χ0v) is 14.9. The van der Waals surface area contributed by atoms with Crippen LogP contribution in [0.5, 0.6) is 0 Å². The summed E-state index contributed by atoms with van der Waals surface area (Å²) in [5.41, 5.74) is 2.37. The van der Waals surface area contributed by atoms with Gasteiger partial charge in [-0.15, -0.1) is 0 Å². The molecule has 2 amide bonds. The van der Waals surface area contributed by atoms with Crippen molar-refractivity contribution in [3.05, 3.63) is 48.0 Å². The summed E-state index contributed by atoms with van der Waals surface area (Å²) in [5.74, 6) is -0.224. The smallest absolute Gasteiger partial charge is 0.237 e. The first-order valence-electron chi connectivity index (χ1n) is 8.79. The van der Waals surface area contributed by atoms with Gasteiger partial charge < -0.3 is 10.6 Å². The molecule has 0 bridgehead atoms. The van der Waals surface area contributed by atoms with E-state index in [9.17, 15) is 9.59 Å². The van der Waals surface area contributed by atoms with Crippen LogP contribution in [0.15, 0.2) is 36.9 Å². The Kier molecular flexibility index (Phi) is 5.96. The molecule has 8 heteroatoms. The molecule has 1 aliphatic rings. The molecule has 2 N–H and O–H groups in total. The maximum atomic E-state index is 12.3. The summed E-state index contributed by atoms with van der Waals surface area (Å²) < 4.78 is 1.65. The first-order valence-corrected chi connectivity index (χ1v) is 8.79. The number of hydrogen-bond donors (Lipinski definition) is 2. The van der Waals surface area contributed by atoms with Crippen molar-refractivity contribution in [1.82, 2.24) is 30.3 Å². The third-order valence-corrected chi connectivity index (χ3v) is 4.58. The van der Waals surface area contributed by atoms with E-state index >= 15 is 0 Å². The van der Waals surface area contributed by atoms with Crippen LogP contribution in [-0.4, -0.2) is 57.2 Å². The largest absolute Gasteiger partial charge is 0.354 e. The van der Waals surface area contributed by atoms with Crippen molar-refractivity contribution in [2.45, 2.75) is 32.5 Å². The topological polar surface area (TPSA) is 92.2 Å². The lowest BCUT2D eigenvalue weighted by atomic mass is 10.0. The lowest BCUT2D eigenvalue weighted by molar-refractivity contribution is -0.134. The number of nitrogens with one attached hydrogen (secondary N) is 2. The van der Waals surface area contributed by atoms with E-state index in [0.29, 0.717) is 26.2 Å². The minimum atomic E-state index is -0.449. The molecule has 1 fully saturated rings. The molecule has 0 aliphatic carbocycles. The fraction of sp³-hybridized carbons (Fsp3) is 0.444. The van der Waals surface area contributed by atoms with Gasteiger partial charge in [-0.2, -0.15) is 5.10 Å². The summed E-state index contributed by atoms with van der Waals surface area (Å²) in [7, 11) is 0. The van der Waals surface area contributed by atoms with Gasteiger partial charge in [0.25, 0.3) is 0 Å². The summed E-state index contributed by atoms with van der Waals surface area (Å²) in [6.45, 7) is 5.07. The number of nitrogens with zero attached hydrogens (tertiary/aromatic N) is 4. The summed E-state index contributed by atoms with van der Waals surface area (Å²) in [6.07, 6.45) is 3.21. The van der Waals surface area contributed by atoms with Crippen LogP contribution < -0.4 is 10.6 Å². The SMILES string of the molecule is Cc1ccccc1CN1CCNC(=O)C1CC(=O)NCCn1cncn1. The van der Waals surface area contributed by atoms with Crippen LogP contribution in [0.2, 0.25) is 0 Å². The third-order valence-electron chi connectivity index (χ3n) is 4.58. The fourth-order valence-corrected chi connectivity index (χ4v) is 3.09. The van der Waals surface area contributed by atoms with E-state index in [4.69, 9.17) is 0 Å². The van der Waals surface area contributed by atoms with Crippen LogP contribution in [0.25, 0.3) is 0 Å². The Balaban J connectivity index is 1.56. The molecule has 2 aromatic rings. The number of hydrogen-bond acceptors (Lipinski definition) is 5. The quantitative estimate of drug-likeness (QED) is 0.734. The molecule has 138 valence electrons. The van der Waals surface area contributed by atoms with Gasteiger partial charge in [-0.25, -0.2) is 4.98 Å². The molecule has 1 saturated heterocycles. The Hall–Kier alpha value is -2.74. The monoisotopic (exact) mass is 356 g/mol. The highest BCUT2D eigenvalue weighted by Gasteiger charge is 2.31. The number of aryl methyl sites for hydroxylation is 1. The highest BCUT2D eigenvalue weighted by atomic mass is 16.2. The molecule has 1 unspecified atom stereocenters. The Morgan fingerprint density at radius 3 is 3.00 bits per heavy atom. The summed E-state index contributed by atoms with van der Waals surface area (Å²) in [4.78, 5) is 30.5. The maximum Gasteiger partial charge on any atom is 0.237 e. The van der Waals surface area contributed by atoms with E-state index in [0.717, 1.165) is 6.54 Å². The van der Waals surface area contributed by atoms with Gasteiger partial charge in [0.2, 0.25) is 11.8 Å². The average Bonchev–Trinajstić information content (AvgIpc) is 3.13. The highest BCUT2D eigenvalue weighted by Crippen LogP contribution is 2.16. The van der Waals surface area contributed by atoms with Gasteiger partial charge in [0.1, 0.15) is 12.7 Å². The molecule has 8 nitrogen and oxygen atoms in total. The highest BCUT2D eigenvalue weighted by molar-refractivity contribution is 5.88. The summed E-state index contributed by atoms with van der Waals surface area (Å²) >= 11 is 0. The van der Waals surface area contributed by atoms with Crippen molar-refractivity contribution in [2.75, 3.05) is 19.6 Å². The molecule has 0 radical (unpaired) electrons. The van der Waals surface area contributed by atoms with Gasteiger partial charge in [0, 0.05) is 26.2 Å². The van der Waals surface area contributed by atoms with Gasteiger partial charge in [-0.05, 0) is 18.1 Å². The van der Waals surface area contributed by atoms with Crippen molar-refractivity contribution in [1.29, 1.82) is 0 Å². The van der Waals surface area contributed by atoms with Crippen LogP contribution in [0.4, 0.5) is 0 Å². The number of rotatable bonds is 7. The van der Waals surface area contributed by atoms with Crippen molar-refractivity contribution >= 4 is 11.8 Å². The zero-order chi connectivity index (χ0) is 18.4. The van der Waals surface area contributed by atoms with E-state index in [1.807, 2.05) is 12.1 Å². The minimum Gasteiger partial charge on any atom is -0.354 e. The number of amides is 2. The van der Waals surface area contributed by atoms with E-state index in [-0.39, 0.29) is 18.2 Å². The van der Waals surface area contributed by atoms with Crippen LogP contribution >= 0.6 is 0 Å². The van der Waals surface area contributed by atoms with Gasteiger partial charge in [-0.1, -0.05) is 24.3 Å². The van der Waals surface area contributed by atoms with Crippen LogP contribution in [0.1, 0.15) is 17.5 Å². The van der Waals surface area contributed by atoms with E-state index < -0.39 is 6.04 Å². The molecular formula is C18H24N6O2. The van der Waals surface area contributed by atoms with E-state index in [1.54, 1.807) is 11.0 Å².